The molecule has 1 saturated heterocycles. The molecule has 116 valence electrons. The van der Waals surface area contributed by atoms with Crippen LogP contribution < -0.4 is 10.5 Å². The Morgan fingerprint density at radius 3 is 2.41 bits per heavy atom. The number of benzene rings is 2. The van der Waals surface area contributed by atoms with Gasteiger partial charge in [0, 0.05) is 25.2 Å². The first kappa shape index (κ1) is 15.1. The Morgan fingerprint density at radius 2 is 1.77 bits per heavy atom. The van der Waals surface area contributed by atoms with Crippen molar-refractivity contribution >= 4 is 0 Å². The molecule has 1 fully saturated rings. The molecule has 1 aliphatic rings. The van der Waals surface area contributed by atoms with Crippen molar-refractivity contribution in [1.82, 2.24) is 4.90 Å². The smallest absolute Gasteiger partial charge is 0.119 e. The number of ether oxygens (including phenoxy) is 1. The highest BCUT2D eigenvalue weighted by molar-refractivity contribution is 5.28. The zero-order valence-electron chi connectivity index (χ0n) is 13.1. The summed E-state index contributed by atoms with van der Waals surface area (Å²) in [6, 6.07) is 19.4. The molecule has 2 aromatic carbocycles. The van der Waals surface area contributed by atoms with Crippen LogP contribution in [0.4, 0.5) is 0 Å². The van der Waals surface area contributed by atoms with Crippen molar-refractivity contribution in [2.24, 2.45) is 5.73 Å². The van der Waals surface area contributed by atoms with Gasteiger partial charge >= 0.3 is 0 Å². The number of likely N-dealkylation sites (tertiary alicyclic amines) is 1. The molecule has 2 aromatic rings. The highest BCUT2D eigenvalue weighted by atomic mass is 16.5. The summed E-state index contributed by atoms with van der Waals surface area (Å²) in [5.74, 6) is 0.916. The van der Waals surface area contributed by atoms with E-state index in [0.717, 1.165) is 25.3 Å². The Morgan fingerprint density at radius 1 is 1.05 bits per heavy atom. The van der Waals surface area contributed by atoms with Gasteiger partial charge in [-0.15, -0.1) is 0 Å². The van der Waals surface area contributed by atoms with Crippen molar-refractivity contribution < 1.29 is 4.74 Å². The van der Waals surface area contributed by atoms with E-state index in [9.17, 15) is 0 Å². The maximum atomic E-state index is 6.08. The van der Waals surface area contributed by atoms with Crippen molar-refractivity contribution in [1.29, 1.82) is 0 Å². The molecular formula is C19H24N2O. The van der Waals surface area contributed by atoms with E-state index in [1.165, 1.54) is 11.1 Å². The monoisotopic (exact) mass is 296 g/mol. The summed E-state index contributed by atoms with van der Waals surface area (Å²) in [5, 5.41) is 0. The fourth-order valence-electron chi connectivity index (χ4n) is 2.92. The minimum Gasteiger partial charge on any atom is -0.489 e. The summed E-state index contributed by atoms with van der Waals surface area (Å²) in [7, 11) is 0. The molecule has 3 rings (SSSR count). The lowest BCUT2D eigenvalue weighted by Crippen LogP contribution is -2.36. The van der Waals surface area contributed by atoms with Crippen LogP contribution in [0.2, 0.25) is 0 Å². The number of nitrogens with two attached hydrogens (primary N) is 1. The molecule has 3 nitrogen and oxygen atoms in total. The summed E-state index contributed by atoms with van der Waals surface area (Å²) in [4.78, 5) is 2.45. The summed E-state index contributed by atoms with van der Waals surface area (Å²) < 4.78 is 5.82. The highest BCUT2D eigenvalue weighted by Crippen LogP contribution is 2.20. The third-order valence-corrected chi connectivity index (χ3v) is 4.50. The number of rotatable bonds is 5. The minimum atomic E-state index is 0.313. The maximum absolute atomic E-state index is 6.08. The van der Waals surface area contributed by atoms with Crippen molar-refractivity contribution in [2.75, 3.05) is 6.54 Å². The Bertz CT molecular complexity index is 582. The van der Waals surface area contributed by atoms with Crippen LogP contribution in [-0.2, 0) is 13.2 Å². The van der Waals surface area contributed by atoms with Crippen molar-refractivity contribution in [3.05, 3.63) is 65.7 Å². The first-order valence-corrected chi connectivity index (χ1v) is 7.97. The molecule has 0 bridgehead atoms. The summed E-state index contributed by atoms with van der Waals surface area (Å²) in [5.41, 5.74) is 8.58. The predicted molar refractivity (Wildman–Crippen MR) is 89.7 cm³/mol. The molecule has 0 spiro atoms. The molecule has 0 saturated carbocycles. The van der Waals surface area contributed by atoms with Gasteiger partial charge in [-0.1, -0.05) is 42.5 Å². The minimum absolute atomic E-state index is 0.313. The van der Waals surface area contributed by atoms with Crippen LogP contribution in [0.15, 0.2) is 54.6 Å². The average Bonchev–Trinajstić information content (AvgIpc) is 2.87. The highest BCUT2D eigenvalue weighted by Gasteiger charge is 2.27. The average molecular weight is 296 g/mol. The van der Waals surface area contributed by atoms with E-state index in [1.807, 2.05) is 18.2 Å². The maximum Gasteiger partial charge on any atom is 0.119 e. The van der Waals surface area contributed by atoms with E-state index in [1.54, 1.807) is 0 Å². The van der Waals surface area contributed by atoms with Gasteiger partial charge < -0.3 is 10.5 Å². The molecule has 0 aliphatic carbocycles. The second-order valence-corrected chi connectivity index (χ2v) is 6.08. The van der Waals surface area contributed by atoms with Crippen LogP contribution >= 0.6 is 0 Å². The molecule has 2 unspecified atom stereocenters. The Kier molecular flexibility index (Phi) is 4.76. The fraction of sp³-hybridized carbons (Fsp3) is 0.368. The molecule has 1 heterocycles. The normalized spacial score (nSPS) is 21.9. The van der Waals surface area contributed by atoms with Crippen molar-refractivity contribution in [3.63, 3.8) is 0 Å². The first-order chi connectivity index (χ1) is 10.7. The molecule has 0 radical (unpaired) electrons. The molecule has 0 amide bonds. The van der Waals surface area contributed by atoms with Gasteiger partial charge in [0.15, 0.2) is 0 Å². The summed E-state index contributed by atoms with van der Waals surface area (Å²) >= 11 is 0. The van der Waals surface area contributed by atoms with Crippen LogP contribution in [0.1, 0.15) is 24.5 Å². The van der Waals surface area contributed by atoms with Gasteiger partial charge in [-0.2, -0.15) is 0 Å². The third-order valence-electron chi connectivity index (χ3n) is 4.50. The molecule has 1 aliphatic heterocycles. The van der Waals surface area contributed by atoms with E-state index in [2.05, 4.69) is 48.2 Å². The Hall–Kier alpha value is -1.84. The fourth-order valence-corrected chi connectivity index (χ4v) is 2.92. The van der Waals surface area contributed by atoms with Gasteiger partial charge in [0.25, 0.3) is 0 Å². The Labute approximate surface area is 132 Å². The first-order valence-electron chi connectivity index (χ1n) is 7.97. The zero-order valence-corrected chi connectivity index (χ0v) is 13.1. The van der Waals surface area contributed by atoms with E-state index >= 15 is 0 Å². The number of nitrogens with zero attached hydrogens (tertiary/aromatic N) is 1. The van der Waals surface area contributed by atoms with Gasteiger partial charge in [-0.25, -0.2) is 0 Å². The second kappa shape index (κ2) is 6.95. The molecule has 0 aromatic heterocycles. The second-order valence-electron chi connectivity index (χ2n) is 6.08. The zero-order chi connectivity index (χ0) is 15.4. The van der Waals surface area contributed by atoms with Crippen LogP contribution in [-0.4, -0.2) is 23.5 Å². The largest absolute Gasteiger partial charge is 0.489 e. The Balaban J connectivity index is 1.54. The summed E-state index contributed by atoms with van der Waals surface area (Å²) in [6.45, 7) is 4.88. The van der Waals surface area contributed by atoms with Crippen molar-refractivity contribution in [3.8, 4) is 5.75 Å². The quantitative estimate of drug-likeness (QED) is 0.921. The van der Waals surface area contributed by atoms with Gasteiger partial charge in [0.2, 0.25) is 0 Å². The van der Waals surface area contributed by atoms with E-state index < -0.39 is 0 Å². The van der Waals surface area contributed by atoms with E-state index in [-0.39, 0.29) is 0 Å². The van der Waals surface area contributed by atoms with E-state index in [4.69, 9.17) is 10.5 Å². The lowest BCUT2D eigenvalue weighted by atomic mass is 10.1. The van der Waals surface area contributed by atoms with Gasteiger partial charge in [0.05, 0.1) is 0 Å². The van der Waals surface area contributed by atoms with Crippen LogP contribution in [0.5, 0.6) is 5.75 Å². The van der Waals surface area contributed by atoms with E-state index in [0.29, 0.717) is 18.7 Å². The topological polar surface area (TPSA) is 38.5 Å². The standard InChI is InChI=1S/C19H24N2O/c1-15-19(20)11-12-21(15)13-16-7-9-18(10-8-16)22-14-17-5-3-2-4-6-17/h2-10,15,19H,11-14,20H2,1H3. The van der Waals surface area contributed by atoms with Crippen molar-refractivity contribution in [2.45, 2.75) is 38.6 Å². The van der Waals surface area contributed by atoms with Crippen LogP contribution in [0, 0.1) is 0 Å². The lowest BCUT2D eigenvalue weighted by molar-refractivity contribution is 0.251. The van der Waals surface area contributed by atoms with Crippen LogP contribution in [0.3, 0.4) is 0 Å². The lowest BCUT2D eigenvalue weighted by Gasteiger charge is -2.23. The molecule has 2 atom stereocenters. The van der Waals surface area contributed by atoms with Crippen LogP contribution in [0.25, 0.3) is 0 Å². The van der Waals surface area contributed by atoms with Gasteiger partial charge in [0.1, 0.15) is 12.4 Å². The SMILES string of the molecule is CC1C(N)CCN1Cc1ccc(OCc2ccccc2)cc1. The number of hydrogen-bond donors (Lipinski definition) is 1. The van der Waals surface area contributed by atoms with Gasteiger partial charge in [-0.3, -0.25) is 4.90 Å². The predicted octanol–water partition coefficient (Wildman–Crippen LogP) is 3.19. The molecule has 3 heteroatoms. The third kappa shape index (κ3) is 3.67. The molecule has 22 heavy (non-hydrogen) atoms. The molecule has 2 N–H and O–H groups in total. The number of hydrogen-bond acceptors (Lipinski definition) is 3. The van der Waals surface area contributed by atoms with Gasteiger partial charge in [-0.05, 0) is 36.6 Å². The summed E-state index contributed by atoms with van der Waals surface area (Å²) in [6.07, 6.45) is 1.10. The molecular weight excluding hydrogens is 272 g/mol.